The van der Waals surface area contributed by atoms with Gasteiger partial charge in [0.25, 0.3) is 11.8 Å². The molecule has 2 amide bonds. The van der Waals surface area contributed by atoms with Crippen molar-refractivity contribution in [2.75, 3.05) is 13.1 Å². The highest BCUT2D eigenvalue weighted by Crippen LogP contribution is 2.15. The largest absolute Gasteiger partial charge is 0.349 e. The third-order valence-electron chi connectivity index (χ3n) is 4.68. The molecule has 0 atom stereocenters. The van der Waals surface area contributed by atoms with E-state index in [1.165, 1.54) is 0 Å². The molecule has 2 aromatic heterocycles. The summed E-state index contributed by atoms with van der Waals surface area (Å²) < 4.78 is 0. The third-order valence-corrected chi connectivity index (χ3v) is 4.68. The lowest BCUT2D eigenvalue weighted by Crippen LogP contribution is -2.46. The first-order valence-corrected chi connectivity index (χ1v) is 8.65. The Morgan fingerprint density at radius 1 is 1.12 bits per heavy atom. The van der Waals surface area contributed by atoms with E-state index in [4.69, 9.17) is 0 Å². The van der Waals surface area contributed by atoms with Gasteiger partial charge in [-0.1, -0.05) is 6.07 Å². The number of aromatic amines is 1. The van der Waals surface area contributed by atoms with Gasteiger partial charge in [0.15, 0.2) is 0 Å². The first kappa shape index (κ1) is 16.3. The number of imidazole rings is 1. The predicted molar refractivity (Wildman–Crippen MR) is 96.7 cm³/mol. The quantitative estimate of drug-likeness (QED) is 0.756. The molecule has 3 heterocycles. The Labute approximate surface area is 150 Å². The number of pyridine rings is 1. The van der Waals surface area contributed by atoms with E-state index in [1.54, 1.807) is 41.7 Å². The molecule has 0 unspecified atom stereocenters. The number of rotatable bonds is 3. The molecule has 1 fully saturated rings. The molecule has 1 aliphatic heterocycles. The van der Waals surface area contributed by atoms with Crippen LogP contribution in [-0.4, -0.2) is 50.8 Å². The SMILES string of the molecule is O=C(NC1CCN(C(=O)c2ccccn2)CC1)c1ccc2nc[nH]c2c1. The molecule has 1 saturated heterocycles. The van der Waals surface area contributed by atoms with Gasteiger partial charge in [-0.15, -0.1) is 0 Å². The number of piperidine rings is 1. The van der Waals surface area contributed by atoms with Crippen LogP contribution in [0.3, 0.4) is 0 Å². The van der Waals surface area contributed by atoms with Crippen LogP contribution in [0, 0.1) is 0 Å². The molecular weight excluding hydrogens is 330 g/mol. The van der Waals surface area contributed by atoms with E-state index in [1.807, 2.05) is 12.1 Å². The minimum atomic E-state index is -0.101. The molecule has 3 aromatic rings. The number of benzene rings is 1. The molecule has 26 heavy (non-hydrogen) atoms. The van der Waals surface area contributed by atoms with Crippen LogP contribution >= 0.6 is 0 Å². The van der Waals surface area contributed by atoms with E-state index in [0.717, 1.165) is 23.9 Å². The minimum absolute atomic E-state index is 0.0555. The van der Waals surface area contributed by atoms with Crippen LogP contribution in [0.5, 0.6) is 0 Å². The standard InChI is InChI=1S/C19H19N5O2/c25-18(13-4-5-15-17(11-13)22-12-21-15)23-14-6-9-24(10-7-14)19(26)16-3-1-2-8-20-16/h1-5,8,11-12,14H,6-7,9-10H2,(H,21,22)(H,23,25). The summed E-state index contributed by atoms with van der Waals surface area (Å²) in [6.45, 7) is 1.22. The lowest BCUT2D eigenvalue weighted by molar-refractivity contribution is 0.0692. The third kappa shape index (κ3) is 3.28. The summed E-state index contributed by atoms with van der Waals surface area (Å²) >= 11 is 0. The summed E-state index contributed by atoms with van der Waals surface area (Å²) in [4.78, 5) is 38.0. The second-order valence-electron chi connectivity index (χ2n) is 6.39. The average Bonchev–Trinajstić information content (AvgIpc) is 3.16. The molecule has 7 nitrogen and oxygen atoms in total. The van der Waals surface area contributed by atoms with Crippen molar-refractivity contribution in [3.63, 3.8) is 0 Å². The first-order chi connectivity index (χ1) is 12.7. The smallest absolute Gasteiger partial charge is 0.272 e. The predicted octanol–water partition coefficient (Wildman–Crippen LogP) is 1.99. The Balaban J connectivity index is 1.34. The molecule has 2 N–H and O–H groups in total. The number of aromatic nitrogens is 3. The van der Waals surface area contributed by atoms with E-state index in [0.29, 0.717) is 24.3 Å². The Kier molecular flexibility index (Phi) is 4.35. The van der Waals surface area contributed by atoms with Gasteiger partial charge in [-0.25, -0.2) is 4.98 Å². The Hall–Kier alpha value is -3.22. The number of amides is 2. The highest BCUT2D eigenvalue weighted by Gasteiger charge is 2.25. The van der Waals surface area contributed by atoms with Crippen molar-refractivity contribution >= 4 is 22.8 Å². The zero-order chi connectivity index (χ0) is 17.9. The van der Waals surface area contributed by atoms with Gasteiger partial charge in [0.2, 0.25) is 0 Å². The van der Waals surface area contributed by atoms with Gasteiger partial charge in [0.1, 0.15) is 5.69 Å². The van der Waals surface area contributed by atoms with Crippen molar-refractivity contribution in [1.82, 2.24) is 25.2 Å². The number of hydrogen-bond donors (Lipinski definition) is 2. The maximum absolute atomic E-state index is 12.5. The monoisotopic (exact) mass is 349 g/mol. The van der Waals surface area contributed by atoms with Crippen molar-refractivity contribution in [1.29, 1.82) is 0 Å². The van der Waals surface area contributed by atoms with Gasteiger partial charge in [0.05, 0.1) is 17.4 Å². The lowest BCUT2D eigenvalue weighted by atomic mass is 10.0. The minimum Gasteiger partial charge on any atom is -0.349 e. The second-order valence-corrected chi connectivity index (χ2v) is 6.39. The summed E-state index contributed by atoms with van der Waals surface area (Å²) in [6.07, 6.45) is 4.70. The Morgan fingerprint density at radius 2 is 1.96 bits per heavy atom. The second kappa shape index (κ2) is 6.95. The maximum atomic E-state index is 12.5. The fraction of sp³-hybridized carbons (Fsp3) is 0.263. The zero-order valence-corrected chi connectivity index (χ0v) is 14.2. The van der Waals surface area contributed by atoms with Crippen molar-refractivity contribution in [3.05, 3.63) is 60.2 Å². The van der Waals surface area contributed by atoms with Crippen LogP contribution in [0.15, 0.2) is 48.9 Å². The topological polar surface area (TPSA) is 91.0 Å². The molecule has 7 heteroatoms. The van der Waals surface area contributed by atoms with Crippen LogP contribution in [0.1, 0.15) is 33.7 Å². The summed E-state index contributed by atoms with van der Waals surface area (Å²) in [7, 11) is 0. The van der Waals surface area contributed by atoms with Gasteiger partial charge < -0.3 is 15.2 Å². The van der Waals surface area contributed by atoms with Gasteiger partial charge >= 0.3 is 0 Å². The number of fused-ring (bicyclic) bond motifs is 1. The molecule has 1 aliphatic rings. The van der Waals surface area contributed by atoms with Crippen LogP contribution in [0.2, 0.25) is 0 Å². The van der Waals surface area contributed by atoms with Crippen LogP contribution in [0.4, 0.5) is 0 Å². The number of carbonyl (C=O) groups is 2. The average molecular weight is 349 g/mol. The van der Waals surface area contributed by atoms with Crippen molar-refractivity contribution < 1.29 is 9.59 Å². The van der Waals surface area contributed by atoms with Crippen LogP contribution in [0.25, 0.3) is 11.0 Å². The molecule has 1 aromatic carbocycles. The normalized spacial score (nSPS) is 15.2. The zero-order valence-electron chi connectivity index (χ0n) is 14.2. The van der Waals surface area contributed by atoms with E-state index in [2.05, 4.69) is 20.3 Å². The molecule has 0 bridgehead atoms. The van der Waals surface area contributed by atoms with Gasteiger partial charge in [-0.3, -0.25) is 14.6 Å². The first-order valence-electron chi connectivity index (χ1n) is 8.65. The molecule has 0 saturated carbocycles. The number of H-pyrrole nitrogens is 1. The highest BCUT2D eigenvalue weighted by molar-refractivity contribution is 5.97. The maximum Gasteiger partial charge on any atom is 0.272 e. The van der Waals surface area contributed by atoms with E-state index in [9.17, 15) is 9.59 Å². The van der Waals surface area contributed by atoms with Gasteiger partial charge in [-0.2, -0.15) is 0 Å². The molecule has 0 aliphatic carbocycles. The summed E-state index contributed by atoms with van der Waals surface area (Å²) in [5.41, 5.74) is 2.74. The molecule has 0 spiro atoms. The number of carbonyl (C=O) groups excluding carboxylic acids is 2. The van der Waals surface area contributed by atoms with Crippen molar-refractivity contribution in [3.8, 4) is 0 Å². The Bertz CT molecular complexity index is 929. The van der Waals surface area contributed by atoms with Crippen molar-refractivity contribution in [2.24, 2.45) is 0 Å². The molecule has 0 radical (unpaired) electrons. The van der Waals surface area contributed by atoms with Crippen LogP contribution < -0.4 is 5.32 Å². The molecule has 4 rings (SSSR count). The molecular formula is C19H19N5O2. The van der Waals surface area contributed by atoms with E-state index >= 15 is 0 Å². The summed E-state index contributed by atoms with van der Waals surface area (Å²) in [6, 6.07) is 10.8. The summed E-state index contributed by atoms with van der Waals surface area (Å²) in [5, 5.41) is 3.06. The molecule has 132 valence electrons. The number of nitrogens with zero attached hydrogens (tertiary/aromatic N) is 3. The van der Waals surface area contributed by atoms with E-state index in [-0.39, 0.29) is 17.9 Å². The Morgan fingerprint density at radius 3 is 2.73 bits per heavy atom. The van der Waals surface area contributed by atoms with E-state index < -0.39 is 0 Å². The lowest BCUT2D eigenvalue weighted by Gasteiger charge is -2.32. The highest BCUT2D eigenvalue weighted by atomic mass is 16.2. The fourth-order valence-corrected chi connectivity index (χ4v) is 3.22. The van der Waals surface area contributed by atoms with Gasteiger partial charge in [0, 0.05) is 30.9 Å². The van der Waals surface area contributed by atoms with Crippen LogP contribution in [-0.2, 0) is 0 Å². The fourth-order valence-electron chi connectivity index (χ4n) is 3.22. The number of nitrogens with one attached hydrogen (secondary N) is 2. The van der Waals surface area contributed by atoms with Crippen molar-refractivity contribution in [2.45, 2.75) is 18.9 Å². The number of likely N-dealkylation sites (tertiary alicyclic amines) is 1. The summed E-state index contributed by atoms with van der Waals surface area (Å²) in [5.74, 6) is -0.156. The van der Waals surface area contributed by atoms with Gasteiger partial charge in [-0.05, 0) is 43.2 Å². The number of hydrogen-bond acceptors (Lipinski definition) is 4.